The van der Waals surface area contributed by atoms with Gasteiger partial charge in [-0.2, -0.15) is 0 Å². The zero-order chi connectivity index (χ0) is 16.9. The van der Waals surface area contributed by atoms with Crippen molar-refractivity contribution in [1.29, 1.82) is 0 Å². The number of ether oxygens (including phenoxy) is 2. The Kier molecular flexibility index (Phi) is 7.11. The van der Waals surface area contributed by atoms with Gasteiger partial charge in [0.05, 0.1) is 19.8 Å². The molecule has 7 heteroatoms. The number of hydrogen-bond acceptors (Lipinski definition) is 5. The molecule has 1 saturated heterocycles. The predicted octanol–water partition coefficient (Wildman–Crippen LogP) is 2.40. The molecule has 138 valence electrons. The monoisotopic (exact) mass is 366 g/mol. The number of halogens is 1. The molecule has 0 radical (unpaired) electrons. The number of hydrogen-bond donors (Lipinski definition) is 1. The average Bonchev–Trinajstić information content (AvgIpc) is 3.03. The van der Waals surface area contributed by atoms with Crippen molar-refractivity contribution in [3.8, 4) is 11.5 Å². The van der Waals surface area contributed by atoms with E-state index in [1.807, 2.05) is 25.4 Å². The number of nitrogens with zero attached hydrogens (tertiary/aromatic N) is 3. The minimum Gasteiger partial charge on any atom is -0.493 e. The molecule has 3 rings (SSSR count). The summed E-state index contributed by atoms with van der Waals surface area (Å²) < 4.78 is 13.2. The normalized spacial score (nSPS) is 17.8. The van der Waals surface area contributed by atoms with Crippen molar-refractivity contribution in [2.24, 2.45) is 7.05 Å². The van der Waals surface area contributed by atoms with Crippen LogP contribution in [0, 0.1) is 0 Å². The van der Waals surface area contributed by atoms with E-state index in [0.717, 1.165) is 43.5 Å². The van der Waals surface area contributed by atoms with E-state index in [1.54, 1.807) is 7.11 Å². The first-order valence-electron chi connectivity index (χ1n) is 8.44. The molecule has 1 aromatic heterocycles. The zero-order valence-corrected chi connectivity index (χ0v) is 15.9. The molecular formula is C18H27ClN4O2. The molecule has 1 aromatic carbocycles. The van der Waals surface area contributed by atoms with Crippen molar-refractivity contribution in [2.75, 3.05) is 33.4 Å². The van der Waals surface area contributed by atoms with Crippen molar-refractivity contribution in [1.82, 2.24) is 19.8 Å². The lowest BCUT2D eigenvalue weighted by Crippen LogP contribution is -2.46. The zero-order valence-electron chi connectivity index (χ0n) is 15.1. The van der Waals surface area contributed by atoms with Crippen LogP contribution in [0.2, 0.25) is 0 Å². The number of rotatable bonds is 6. The van der Waals surface area contributed by atoms with Gasteiger partial charge in [0.2, 0.25) is 0 Å². The molecule has 0 saturated carbocycles. The second-order valence-corrected chi connectivity index (χ2v) is 6.00. The minimum atomic E-state index is 0. The third kappa shape index (κ3) is 4.45. The van der Waals surface area contributed by atoms with Crippen molar-refractivity contribution in [3.63, 3.8) is 0 Å². The van der Waals surface area contributed by atoms with Gasteiger partial charge in [-0.3, -0.25) is 4.90 Å². The van der Waals surface area contributed by atoms with E-state index in [2.05, 4.69) is 38.9 Å². The van der Waals surface area contributed by atoms with Crippen molar-refractivity contribution in [3.05, 3.63) is 42.0 Å². The Morgan fingerprint density at radius 1 is 1.32 bits per heavy atom. The van der Waals surface area contributed by atoms with Gasteiger partial charge in [-0.1, -0.05) is 6.07 Å². The fraction of sp³-hybridized carbons (Fsp3) is 0.500. The van der Waals surface area contributed by atoms with Crippen LogP contribution in [0.15, 0.2) is 30.6 Å². The number of nitrogens with one attached hydrogen (secondary N) is 1. The summed E-state index contributed by atoms with van der Waals surface area (Å²) in [5.74, 6) is 2.68. The maximum atomic E-state index is 5.61. The van der Waals surface area contributed by atoms with Gasteiger partial charge in [0.1, 0.15) is 5.82 Å². The predicted molar refractivity (Wildman–Crippen MR) is 101 cm³/mol. The van der Waals surface area contributed by atoms with Gasteiger partial charge >= 0.3 is 0 Å². The molecule has 6 nitrogen and oxygen atoms in total. The van der Waals surface area contributed by atoms with E-state index in [1.165, 1.54) is 5.56 Å². The Morgan fingerprint density at radius 2 is 2.16 bits per heavy atom. The molecule has 0 aliphatic carbocycles. The summed E-state index contributed by atoms with van der Waals surface area (Å²) in [7, 11) is 3.73. The Hall–Kier alpha value is -1.76. The molecule has 1 unspecified atom stereocenters. The third-order valence-corrected chi connectivity index (χ3v) is 4.42. The van der Waals surface area contributed by atoms with Crippen LogP contribution in [-0.2, 0) is 13.6 Å². The van der Waals surface area contributed by atoms with Gasteiger partial charge in [-0.15, -0.1) is 12.4 Å². The second kappa shape index (κ2) is 9.08. The van der Waals surface area contributed by atoms with Crippen LogP contribution in [-0.4, -0.2) is 47.8 Å². The average molecular weight is 367 g/mol. The SMILES string of the molecule is CCOc1ccc(CN2CCNCC2c2nccn2C)cc1OC.Cl. The van der Waals surface area contributed by atoms with Crippen molar-refractivity contribution in [2.45, 2.75) is 19.5 Å². The number of aromatic nitrogens is 2. The van der Waals surface area contributed by atoms with E-state index in [-0.39, 0.29) is 18.4 Å². The molecule has 1 aliphatic heterocycles. The summed E-state index contributed by atoms with van der Waals surface area (Å²) in [5, 5.41) is 3.47. The lowest BCUT2D eigenvalue weighted by atomic mass is 10.1. The Bertz CT molecular complexity index is 677. The van der Waals surface area contributed by atoms with E-state index in [9.17, 15) is 0 Å². The van der Waals surface area contributed by atoms with E-state index in [4.69, 9.17) is 9.47 Å². The number of benzene rings is 1. The highest BCUT2D eigenvalue weighted by Gasteiger charge is 2.26. The number of piperazine rings is 1. The number of aryl methyl sites for hydroxylation is 1. The Labute approximate surface area is 155 Å². The van der Waals surface area contributed by atoms with E-state index >= 15 is 0 Å². The standard InChI is InChI=1S/C18H26N4O2.ClH/c1-4-24-16-6-5-14(11-17(16)23-3)13-22-10-7-19-12-15(22)18-20-8-9-21(18)2;/h5-6,8-9,11,15,19H,4,7,10,12-13H2,1-3H3;1H. The topological polar surface area (TPSA) is 51.5 Å². The fourth-order valence-corrected chi connectivity index (χ4v) is 3.21. The summed E-state index contributed by atoms with van der Waals surface area (Å²) in [5.41, 5.74) is 1.22. The number of imidazole rings is 1. The quantitative estimate of drug-likeness (QED) is 0.850. The lowest BCUT2D eigenvalue weighted by molar-refractivity contribution is 0.144. The largest absolute Gasteiger partial charge is 0.493 e. The van der Waals surface area contributed by atoms with Gasteiger partial charge in [-0.05, 0) is 24.6 Å². The third-order valence-electron chi connectivity index (χ3n) is 4.42. The highest BCUT2D eigenvalue weighted by Crippen LogP contribution is 2.30. The van der Waals surface area contributed by atoms with Crippen LogP contribution < -0.4 is 14.8 Å². The molecular weight excluding hydrogens is 340 g/mol. The smallest absolute Gasteiger partial charge is 0.161 e. The highest BCUT2D eigenvalue weighted by molar-refractivity contribution is 5.85. The van der Waals surface area contributed by atoms with Crippen molar-refractivity contribution >= 4 is 12.4 Å². The van der Waals surface area contributed by atoms with Gasteiger partial charge in [-0.25, -0.2) is 4.98 Å². The molecule has 1 fully saturated rings. The van der Waals surface area contributed by atoms with Crippen LogP contribution in [0.5, 0.6) is 11.5 Å². The second-order valence-electron chi connectivity index (χ2n) is 6.00. The van der Waals surface area contributed by atoms with Gasteiger partial charge in [0.25, 0.3) is 0 Å². The molecule has 25 heavy (non-hydrogen) atoms. The van der Waals surface area contributed by atoms with Crippen molar-refractivity contribution < 1.29 is 9.47 Å². The van der Waals surface area contributed by atoms with Crippen LogP contribution in [0.3, 0.4) is 0 Å². The van der Waals surface area contributed by atoms with E-state index in [0.29, 0.717) is 6.61 Å². The van der Waals surface area contributed by atoms with Gasteiger partial charge in [0, 0.05) is 45.6 Å². The first-order valence-corrected chi connectivity index (χ1v) is 8.44. The maximum absolute atomic E-state index is 5.61. The lowest BCUT2D eigenvalue weighted by Gasteiger charge is -2.35. The molecule has 2 aromatic rings. The molecule has 1 aliphatic rings. The molecule has 1 N–H and O–H groups in total. The number of methoxy groups -OCH3 is 1. The summed E-state index contributed by atoms with van der Waals surface area (Å²) in [6, 6.07) is 6.46. The van der Waals surface area contributed by atoms with Crippen LogP contribution in [0.1, 0.15) is 24.4 Å². The van der Waals surface area contributed by atoms with Gasteiger partial charge in [0.15, 0.2) is 11.5 Å². The van der Waals surface area contributed by atoms with E-state index < -0.39 is 0 Å². The summed E-state index contributed by atoms with van der Waals surface area (Å²) >= 11 is 0. The van der Waals surface area contributed by atoms with Crippen LogP contribution in [0.4, 0.5) is 0 Å². The summed E-state index contributed by atoms with van der Waals surface area (Å²) in [4.78, 5) is 7.01. The Balaban J connectivity index is 0.00000225. The molecule has 0 bridgehead atoms. The maximum Gasteiger partial charge on any atom is 0.161 e. The fourth-order valence-electron chi connectivity index (χ4n) is 3.21. The molecule has 1 atom stereocenters. The van der Waals surface area contributed by atoms with Gasteiger partial charge < -0.3 is 19.4 Å². The summed E-state index contributed by atoms with van der Waals surface area (Å²) in [6.07, 6.45) is 3.87. The van der Waals surface area contributed by atoms with Crippen LogP contribution >= 0.6 is 12.4 Å². The molecule has 0 spiro atoms. The first-order chi connectivity index (χ1) is 11.7. The first kappa shape index (κ1) is 19.6. The molecule has 2 heterocycles. The van der Waals surface area contributed by atoms with Crippen LogP contribution in [0.25, 0.3) is 0 Å². The molecule has 0 amide bonds. The minimum absolute atomic E-state index is 0. The Morgan fingerprint density at radius 3 is 2.84 bits per heavy atom. The highest BCUT2D eigenvalue weighted by atomic mass is 35.5. The summed E-state index contributed by atoms with van der Waals surface area (Å²) in [6.45, 7) is 6.38.